The van der Waals surface area contributed by atoms with Crippen LogP contribution in [0.25, 0.3) is 11.3 Å². The van der Waals surface area contributed by atoms with Crippen molar-refractivity contribution in [3.63, 3.8) is 0 Å². The minimum absolute atomic E-state index is 0.556. The first-order chi connectivity index (χ1) is 12.0. The predicted molar refractivity (Wildman–Crippen MR) is 103 cm³/mol. The Labute approximate surface area is 151 Å². The molecule has 1 aromatic heterocycles. The minimum Gasteiger partial charge on any atom is -0.493 e. The number of nitrogens with zero attached hydrogens (tertiary/aromatic N) is 2. The van der Waals surface area contributed by atoms with Crippen molar-refractivity contribution in [1.29, 1.82) is 0 Å². The number of aryl methyl sites for hydroxylation is 1. The number of nitrogens with one attached hydrogen (secondary N) is 1. The molecule has 0 saturated heterocycles. The van der Waals surface area contributed by atoms with Crippen molar-refractivity contribution in [2.75, 3.05) is 11.9 Å². The Morgan fingerprint density at radius 2 is 2.00 bits per heavy atom. The summed E-state index contributed by atoms with van der Waals surface area (Å²) in [4.78, 5) is 8.95. The second kappa shape index (κ2) is 7.85. The van der Waals surface area contributed by atoms with Gasteiger partial charge < -0.3 is 10.1 Å². The van der Waals surface area contributed by atoms with E-state index in [1.807, 2.05) is 12.3 Å². The molecular weight excluding hydrogens is 310 g/mol. The van der Waals surface area contributed by atoms with Gasteiger partial charge in [-0.2, -0.15) is 0 Å². The van der Waals surface area contributed by atoms with E-state index in [0.29, 0.717) is 17.9 Å². The van der Waals surface area contributed by atoms with Crippen LogP contribution in [-0.2, 0) is 0 Å². The maximum atomic E-state index is 6.03. The number of hydrogen-bond acceptors (Lipinski definition) is 4. The molecule has 0 radical (unpaired) electrons. The third-order valence-corrected chi connectivity index (χ3v) is 4.43. The second-order valence-corrected chi connectivity index (χ2v) is 7.71. The van der Waals surface area contributed by atoms with Gasteiger partial charge in [0, 0.05) is 17.8 Å². The lowest BCUT2D eigenvalue weighted by Crippen LogP contribution is -2.11. The van der Waals surface area contributed by atoms with Gasteiger partial charge in [0.2, 0.25) is 5.95 Å². The van der Waals surface area contributed by atoms with Gasteiger partial charge in [-0.25, -0.2) is 9.97 Å². The molecule has 0 aliphatic heterocycles. The highest BCUT2D eigenvalue weighted by Crippen LogP contribution is 2.27. The van der Waals surface area contributed by atoms with Gasteiger partial charge in [-0.1, -0.05) is 20.8 Å². The fraction of sp³-hybridized carbons (Fsp3) is 0.524. The van der Waals surface area contributed by atoms with E-state index in [2.05, 4.69) is 61.2 Å². The zero-order valence-corrected chi connectivity index (χ0v) is 15.7. The Morgan fingerprint density at radius 1 is 1.20 bits per heavy atom. The summed E-state index contributed by atoms with van der Waals surface area (Å²) < 4.78 is 6.03. The van der Waals surface area contributed by atoms with Crippen molar-refractivity contribution in [1.82, 2.24) is 9.97 Å². The normalized spacial score (nSPS) is 15.2. The molecule has 1 aromatic carbocycles. The smallest absolute Gasteiger partial charge is 0.223 e. The van der Waals surface area contributed by atoms with Gasteiger partial charge in [0.25, 0.3) is 0 Å². The van der Waals surface area contributed by atoms with Crippen LogP contribution in [0, 0.1) is 18.8 Å². The fourth-order valence-corrected chi connectivity index (χ4v) is 3.07. The lowest BCUT2D eigenvalue weighted by Gasteiger charge is -2.16. The monoisotopic (exact) mass is 339 g/mol. The lowest BCUT2D eigenvalue weighted by molar-refractivity contribution is 0.238. The van der Waals surface area contributed by atoms with Gasteiger partial charge in [0.15, 0.2) is 0 Å². The van der Waals surface area contributed by atoms with E-state index in [-0.39, 0.29) is 0 Å². The maximum absolute atomic E-state index is 6.03. The molecule has 2 aromatic rings. The van der Waals surface area contributed by atoms with E-state index in [1.165, 1.54) is 19.3 Å². The molecule has 1 atom stereocenters. The van der Waals surface area contributed by atoms with Gasteiger partial charge in [0.1, 0.15) is 5.75 Å². The number of hydrogen-bond donors (Lipinski definition) is 1. The van der Waals surface area contributed by atoms with E-state index in [4.69, 9.17) is 4.74 Å². The van der Waals surface area contributed by atoms with E-state index in [9.17, 15) is 0 Å². The molecule has 1 aliphatic rings. The maximum Gasteiger partial charge on any atom is 0.223 e. The third-order valence-electron chi connectivity index (χ3n) is 4.43. The van der Waals surface area contributed by atoms with Crippen LogP contribution in [0.5, 0.6) is 5.75 Å². The molecule has 0 bridgehead atoms. The van der Waals surface area contributed by atoms with Crippen molar-refractivity contribution in [2.24, 2.45) is 11.8 Å². The Morgan fingerprint density at radius 3 is 2.68 bits per heavy atom. The highest BCUT2D eigenvalue weighted by molar-refractivity contribution is 5.62. The summed E-state index contributed by atoms with van der Waals surface area (Å²) >= 11 is 0. The van der Waals surface area contributed by atoms with Crippen LogP contribution in [-0.4, -0.2) is 22.6 Å². The SMILES string of the molecule is Cc1cc(-c2ccnc(NC3CC3)n2)ccc1OCC(C)CC(C)C. The van der Waals surface area contributed by atoms with Gasteiger partial charge in [-0.05, 0) is 67.9 Å². The van der Waals surface area contributed by atoms with Crippen LogP contribution in [0.1, 0.15) is 45.6 Å². The molecule has 1 unspecified atom stereocenters. The Kier molecular flexibility index (Phi) is 5.57. The highest BCUT2D eigenvalue weighted by atomic mass is 16.5. The molecule has 1 fully saturated rings. The summed E-state index contributed by atoms with van der Waals surface area (Å²) in [6.07, 6.45) is 5.44. The topological polar surface area (TPSA) is 47.0 Å². The highest BCUT2D eigenvalue weighted by Gasteiger charge is 2.21. The van der Waals surface area contributed by atoms with Gasteiger partial charge in [-0.3, -0.25) is 0 Å². The summed E-state index contributed by atoms with van der Waals surface area (Å²) in [5, 5.41) is 3.35. The summed E-state index contributed by atoms with van der Waals surface area (Å²) in [6.45, 7) is 9.62. The zero-order chi connectivity index (χ0) is 17.8. The van der Waals surface area contributed by atoms with Gasteiger partial charge >= 0.3 is 0 Å². The number of ether oxygens (including phenoxy) is 1. The van der Waals surface area contributed by atoms with Crippen LogP contribution < -0.4 is 10.1 Å². The van der Waals surface area contributed by atoms with Crippen molar-refractivity contribution in [3.05, 3.63) is 36.0 Å². The molecule has 25 heavy (non-hydrogen) atoms. The van der Waals surface area contributed by atoms with Crippen LogP contribution in [0.15, 0.2) is 30.5 Å². The first kappa shape index (κ1) is 17.7. The standard InChI is InChI=1S/C21H29N3O/c1-14(2)11-15(3)13-25-20-8-5-17(12-16(20)4)19-9-10-22-21(24-19)23-18-6-7-18/h5,8-10,12,14-15,18H,6-7,11,13H2,1-4H3,(H,22,23,24). The Balaban J connectivity index is 1.66. The van der Waals surface area contributed by atoms with Crippen molar-refractivity contribution in [3.8, 4) is 17.0 Å². The zero-order valence-electron chi connectivity index (χ0n) is 15.7. The first-order valence-corrected chi connectivity index (χ1v) is 9.34. The number of anilines is 1. The van der Waals surface area contributed by atoms with Gasteiger partial charge in [-0.15, -0.1) is 0 Å². The van der Waals surface area contributed by atoms with Crippen LogP contribution in [0.3, 0.4) is 0 Å². The van der Waals surface area contributed by atoms with E-state index >= 15 is 0 Å². The molecule has 1 saturated carbocycles. The largest absolute Gasteiger partial charge is 0.493 e. The lowest BCUT2D eigenvalue weighted by atomic mass is 10.00. The summed E-state index contributed by atoms with van der Waals surface area (Å²) in [7, 11) is 0. The molecule has 1 aliphatic carbocycles. The van der Waals surface area contributed by atoms with Crippen molar-refractivity contribution in [2.45, 2.75) is 53.0 Å². The number of benzene rings is 1. The summed E-state index contributed by atoms with van der Waals surface area (Å²) in [5.74, 6) is 2.96. The molecule has 0 spiro atoms. The average molecular weight is 339 g/mol. The quantitative estimate of drug-likeness (QED) is 0.728. The van der Waals surface area contributed by atoms with Crippen LogP contribution in [0.2, 0.25) is 0 Å². The first-order valence-electron chi connectivity index (χ1n) is 9.34. The Hall–Kier alpha value is -2.10. The number of aromatic nitrogens is 2. The van der Waals surface area contributed by atoms with Gasteiger partial charge in [0.05, 0.1) is 12.3 Å². The molecule has 3 rings (SSSR count). The predicted octanol–water partition coefficient (Wildman–Crippen LogP) is 5.09. The molecule has 134 valence electrons. The fourth-order valence-electron chi connectivity index (χ4n) is 3.07. The van der Waals surface area contributed by atoms with E-state index < -0.39 is 0 Å². The molecular formula is C21H29N3O. The van der Waals surface area contributed by atoms with Crippen molar-refractivity contribution >= 4 is 5.95 Å². The second-order valence-electron chi connectivity index (χ2n) is 7.71. The summed E-state index contributed by atoms with van der Waals surface area (Å²) in [6, 6.07) is 8.80. The van der Waals surface area contributed by atoms with Crippen molar-refractivity contribution < 1.29 is 4.74 Å². The van der Waals surface area contributed by atoms with E-state index in [1.54, 1.807) is 0 Å². The van der Waals surface area contributed by atoms with Crippen LogP contribution in [0.4, 0.5) is 5.95 Å². The molecule has 1 N–H and O–H groups in total. The van der Waals surface area contributed by atoms with E-state index in [0.717, 1.165) is 35.1 Å². The molecule has 4 nitrogen and oxygen atoms in total. The Bertz CT molecular complexity index is 710. The number of rotatable bonds is 8. The summed E-state index contributed by atoms with van der Waals surface area (Å²) in [5.41, 5.74) is 3.19. The molecule has 1 heterocycles. The molecule has 4 heteroatoms. The third kappa shape index (κ3) is 5.18. The minimum atomic E-state index is 0.556. The molecule has 0 amide bonds. The average Bonchev–Trinajstić information content (AvgIpc) is 3.37. The van der Waals surface area contributed by atoms with Crippen LogP contribution >= 0.6 is 0 Å².